The number of rotatable bonds is 1. The zero-order valence-electron chi connectivity index (χ0n) is 4.62. The molecule has 1 aliphatic carbocycles. The smallest absolute Gasteiger partial charge is 0.232 e. The molecule has 0 bridgehead atoms. The highest BCUT2D eigenvalue weighted by atomic mass is 19.1. The van der Waals surface area contributed by atoms with Gasteiger partial charge in [0.05, 0.1) is 5.92 Å². The van der Waals surface area contributed by atoms with Crippen LogP contribution in [0, 0.1) is 0 Å². The van der Waals surface area contributed by atoms with Gasteiger partial charge in [0.15, 0.2) is 6.33 Å². The van der Waals surface area contributed by atoms with Crippen molar-refractivity contribution in [3.63, 3.8) is 0 Å². The maximum Gasteiger partial charge on any atom is 0.232 e. The van der Waals surface area contributed by atoms with Gasteiger partial charge in [-0.1, -0.05) is 5.16 Å². The molecule has 1 saturated carbocycles. The molecule has 0 aliphatic heterocycles. The Morgan fingerprint density at radius 1 is 1.78 bits per heavy atom. The van der Waals surface area contributed by atoms with Crippen molar-refractivity contribution in [3.05, 3.63) is 12.2 Å². The van der Waals surface area contributed by atoms with E-state index in [1.165, 1.54) is 6.33 Å². The van der Waals surface area contributed by atoms with Gasteiger partial charge in [0, 0.05) is 0 Å². The summed E-state index contributed by atoms with van der Waals surface area (Å²) in [7, 11) is 0. The molecule has 0 radical (unpaired) electrons. The van der Waals surface area contributed by atoms with Crippen LogP contribution in [0.25, 0.3) is 0 Å². The summed E-state index contributed by atoms with van der Waals surface area (Å²) < 4.78 is 16.8. The predicted octanol–water partition coefficient (Wildman–Crippen LogP) is 0.895. The van der Waals surface area contributed by atoms with Crippen molar-refractivity contribution in [2.45, 2.75) is 18.5 Å². The number of alkyl halides is 1. The van der Waals surface area contributed by atoms with E-state index in [0.717, 1.165) is 0 Å². The van der Waals surface area contributed by atoms with E-state index in [0.29, 0.717) is 12.3 Å². The third kappa shape index (κ3) is 0.704. The Morgan fingerprint density at radius 3 is 3.00 bits per heavy atom. The van der Waals surface area contributed by atoms with E-state index < -0.39 is 6.17 Å². The predicted molar refractivity (Wildman–Crippen MR) is 26.6 cm³/mol. The number of halogens is 1. The molecule has 0 amide bonds. The summed E-state index contributed by atoms with van der Waals surface area (Å²) in [6, 6.07) is 0. The minimum absolute atomic E-state index is 0.104. The van der Waals surface area contributed by atoms with Crippen LogP contribution in [0.15, 0.2) is 10.9 Å². The van der Waals surface area contributed by atoms with Crippen molar-refractivity contribution in [3.8, 4) is 0 Å². The molecule has 0 N–H and O–H groups in total. The van der Waals surface area contributed by atoms with Gasteiger partial charge in [0.2, 0.25) is 5.89 Å². The summed E-state index contributed by atoms with van der Waals surface area (Å²) in [5.41, 5.74) is 0. The maximum atomic E-state index is 12.2. The fourth-order valence-electron chi connectivity index (χ4n) is 0.765. The summed E-state index contributed by atoms with van der Waals surface area (Å²) in [5, 5.41) is 3.37. The molecule has 0 saturated heterocycles. The van der Waals surface area contributed by atoms with Gasteiger partial charge in [-0.3, -0.25) is 0 Å². The summed E-state index contributed by atoms with van der Waals surface area (Å²) in [4.78, 5) is 3.71. The average molecular weight is 128 g/mol. The monoisotopic (exact) mass is 128 g/mol. The minimum Gasteiger partial charge on any atom is -0.339 e. The molecule has 0 spiro atoms. The van der Waals surface area contributed by atoms with Gasteiger partial charge < -0.3 is 4.52 Å². The summed E-state index contributed by atoms with van der Waals surface area (Å²) in [6.45, 7) is 0. The van der Waals surface area contributed by atoms with Crippen molar-refractivity contribution in [2.75, 3.05) is 0 Å². The molecular formula is C5H5FN2O. The van der Waals surface area contributed by atoms with E-state index in [9.17, 15) is 4.39 Å². The van der Waals surface area contributed by atoms with Gasteiger partial charge in [0.1, 0.15) is 6.17 Å². The molecule has 9 heavy (non-hydrogen) atoms. The highest BCUT2D eigenvalue weighted by molar-refractivity contribution is 5.06. The van der Waals surface area contributed by atoms with E-state index in [1.807, 2.05) is 0 Å². The molecule has 1 heterocycles. The van der Waals surface area contributed by atoms with Gasteiger partial charge in [-0.25, -0.2) is 4.39 Å². The molecule has 0 unspecified atom stereocenters. The Kier molecular flexibility index (Phi) is 0.831. The standard InChI is InChI=1S/C5H5FN2O/c6-4-1-3(4)5-7-2-8-9-5/h2-4H,1H2/t3-,4-/m0/s1. The third-order valence-electron chi connectivity index (χ3n) is 1.41. The second-order valence-corrected chi connectivity index (χ2v) is 2.14. The van der Waals surface area contributed by atoms with Gasteiger partial charge in [0.25, 0.3) is 0 Å². The van der Waals surface area contributed by atoms with Crippen LogP contribution >= 0.6 is 0 Å². The van der Waals surface area contributed by atoms with E-state index in [4.69, 9.17) is 0 Å². The van der Waals surface area contributed by atoms with Gasteiger partial charge >= 0.3 is 0 Å². The Morgan fingerprint density at radius 2 is 2.56 bits per heavy atom. The Balaban J connectivity index is 2.18. The first-order chi connectivity index (χ1) is 4.38. The lowest BCUT2D eigenvalue weighted by molar-refractivity contribution is 0.362. The molecule has 4 heteroatoms. The van der Waals surface area contributed by atoms with Crippen LogP contribution in [0.1, 0.15) is 18.2 Å². The van der Waals surface area contributed by atoms with Gasteiger partial charge in [-0.15, -0.1) is 0 Å². The second-order valence-electron chi connectivity index (χ2n) is 2.14. The first kappa shape index (κ1) is 4.90. The molecule has 1 fully saturated rings. The Hall–Kier alpha value is -0.930. The van der Waals surface area contributed by atoms with E-state index in [1.54, 1.807) is 0 Å². The zero-order valence-corrected chi connectivity index (χ0v) is 4.62. The van der Waals surface area contributed by atoms with E-state index in [-0.39, 0.29) is 5.92 Å². The lowest BCUT2D eigenvalue weighted by Gasteiger charge is -1.79. The quantitative estimate of drug-likeness (QED) is 0.563. The van der Waals surface area contributed by atoms with Gasteiger partial charge in [-0.2, -0.15) is 4.98 Å². The normalized spacial score (nSPS) is 32.6. The first-order valence-electron chi connectivity index (χ1n) is 2.78. The average Bonchev–Trinajstić information content (AvgIpc) is 2.44. The molecule has 0 aromatic carbocycles. The van der Waals surface area contributed by atoms with Crippen LogP contribution in [0.4, 0.5) is 4.39 Å². The topological polar surface area (TPSA) is 38.9 Å². The van der Waals surface area contributed by atoms with Crippen LogP contribution < -0.4 is 0 Å². The molecule has 2 atom stereocenters. The van der Waals surface area contributed by atoms with Crippen LogP contribution in [-0.2, 0) is 0 Å². The molecule has 3 nitrogen and oxygen atoms in total. The van der Waals surface area contributed by atoms with Crippen LogP contribution in [0.3, 0.4) is 0 Å². The molecule has 1 aromatic rings. The van der Waals surface area contributed by atoms with Crippen molar-refractivity contribution in [2.24, 2.45) is 0 Å². The Labute approximate surface area is 50.9 Å². The van der Waals surface area contributed by atoms with Crippen molar-refractivity contribution in [1.29, 1.82) is 0 Å². The van der Waals surface area contributed by atoms with Crippen molar-refractivity contribution >= 4 is 0 Å². The van der Waals surface area contributed by atoms with Crippen LogP contribution in [0.5, 0.6) is 0 Å². The maximum absolute atomic E-state index is 12.2. The molecular weight excluding hydrogens is 123 g/mol. The van der Waals surface area contributed by atoms with Crippen molar-refractivity contribution < 1.29 is 8.91 Å². The fourth-order valence-corrected chi connectivity index (χ4v) is 0.765. The lowest BCUT2D eigenvalue weighted by Crippen LogP contribution is -1.79. The summed E-state index contributed by atoms with van der Waals surface area (Å²) >= 11 is 0. The number of hydrogen-bond donors (Lipinski definition) is 0. The molecule has 1 aliphatic rings. The van der Waals surface area contributed by atoms with Gasteiger partial charge in [-0.05, 0) is 6.42 Å². The zero-order chi connectivity index (χ0) is 6.27. The third-order valence-corrected chi connectivity index (χ3v) is 1.41. The molecule has 1 aromatic heterocycles. The number of hydrogen-bond acceptors (Lipinski definition) is 3. The highest BCUT2D eigenvalue weighted by Crippen LogP contribution is 2.42. The first-order valence-corrected chi connectivity index (χ1v) is 2.78. The molecule has 48 valence electrons. The summed E-state index contributed by atoms with van der Waals surface area (Å²) in [5.74, 6) is 0.329. The SMILES string of the molecule is F[C@H]1C[C@@H]1c1ncno1. The highest BCUT2D eigenvalue weighted by Gasteiger charge is 2.42. The van der Waals surface area contributed by atoms with Crippen LogP contribution in [-0.4, -0.2) is 16.3 Å². The van der Waals surface area contributed by atoms with Crippen LogP contribution in [0.2, 0.25) is 0 Å². The molecule has 2 rings (SSSR count). The van der Waals surface area contributed by atoms with E-state index in [2.05, 4.69) is 14.7 Å². The van der Waals surface area contributed by atoms with E-state index >= 15 is 0 Å². The number of nitrogens with zero attached hydrogens (tertiary/aromatic N) is 2. The minimum atomic E-state index is -0.745. The largest absolute Gasteiger partial charge is 0.339 e. The van der Waals surface area contributed by atoms with Crippen molar-refractivity contribution in [1.82, 2.24) is 10.1 Å². The Bertz CT molecular complexity index is 199. The summed E-state index contributed by atoms with van der Waals surface area (Å²) in [6.07, 6.45) is 1.09. The second kappa shape index (κ2) is 1.52. The number of aromatic nitrogens is 2. The lowest BCUT2D eigenvalue weighted by atomic mass is 10.4. The fraction of sp³-hybridized carbons (Fsp3) is 0.600.